The molecule has 3 heterocycles. The highest BCUT2D eigenvalue weighted by Crippen LogP contribution is 2.72. The Labute approximate surface area is 309 Å². The molecule has 0 aromatic heterocycles. The van der Waals surface area contributed by atoms with Crippen LogP contribution in [0.4, 0.5) is 0 Å². The van der Waals surface area contributed by atoms with Gasteiger partial charge >= 0.3 is 23.9 Å². The van der Waals surface area contributed by atoms with Gasteiger partial charge in [0.25, 0.3) is 0 Å². The summed E-state index contributed by atoms with van der Waals surface area (Å²) in [6, 6.07) is 0. The van der Waals surface area contributed by atoms with Crippen LogP contribution in [-0.4, -0.2) is 147 Å². The summed E-state index contributed by atoms with van der Waals surface area (Å²) in [5.41, 5.74) is -6.34. The Kier molecular flexibility index (Phi) is 10.1. The summed E-state index contributed by atoms with van der Waals surface area (Å²) in [7, 11) is 1.03. The van der Waals surface area contributed by atoms with Crippen LogP contribution in [0.3, 0.4) is 0 Å². The Morgan fingerprint density at radius 3 is 2.30 bits per heavy atom. The number of fused-ring (bicyclic) bond motifs is 2. The van der Waals surface area contributed by atoms with Crippen LogP contribution in [0.5, 0.6) is 0 Å². The molecule has 1 spiro atoms. The molecule has 18 nitrogen and oxygen atoms in total. The van der Waals surface area contributed by atoms with Gasteiger partial charge in [0, 0.05) is 30.3 Å². The van der Waals surface area contributed by atoms with E-state index in [4.69, 9.17) is 33.2 Å². The first-order chi connectivity index (χ1) is 25.1. The van der Waals surface area contributed by atoms with E-state index in [1.165, 1.54) is 33.8 Å². The number of aliphatic hydroxyl groups is 6. The normalized spacial score (nSPS) is 45.6. The number of ketones is 1. The molecule has 3 aliphatic carbocycles. The second kappa shape index (κ2) is 13.6. The van der Waals surface area contributed by atoms with E-state index in [0.29, 0.717) is 0 Å². The second-order valence-electron chi connectivity index (χ2n) is 16.0. The van der Waals surface area contributed by atoms with Gasteiger partial charge in [-0.3, -0.25) is 9.59 Å². The van der Waals surface area contributed by atoms with Gasteiger partial charge in [-0.05, 0) is 50.2 Å². The van der Waals surface area contributed by atoms with Crippen LogP contribution in [0.1, 0.15) is 48.0 Å². The fourth-order valence-electron chi connectivity index (χ4n) is 10.1. The monoisotopic (exact) mass is 768 g/mol. The largest absolute Gasteiger partial charge is 0.467 e. The molecule has 0 aromatic rings. The highest BCUT2D eigenvalue weighted by molar-refractivity contribution is 5.97. The maximum atomic E-state index is 13.9. The number of aliphatic hydroxyl groups excluding tert-OH is 6. The lowest BCUT2D eigenvalue weighted by Gasteiger charge is -2.67. The predicted molar refractivity (Wildman–Crippen MR) is 175 cm³/mol. The van der Waals surface area contributed by atoms with E-state index >= 15 is 0 Å². The lowest BCUT2D eigenvalue weighted by Crippen LogP contribution is -2.79. The van der Waals surface area contributed by atoms with Crippen LogP contribution in [0.2, 0.25) is 0 Å². The molecule has 2 bridgehead atoms. The van der Waals surface area contributed by atoms with Gasteiger partial charge < -0.3 is 63.8 Å². The van der Waals surface area contributed by atoms with Crippen LogP contribution in [0, 0.1) is 34.5 Å². The van der Waals surface area contributed by atoms with Crippen LogP contribution in [0.25, 0.3) is 0 Å². The maximum Gasteiger partial charge on any atom is 0.348 e. The number of ether oxygens (including phenoxy) is 7. The number of rotatable bonds is 8. The van der Waals surface area contributed by atoms with Gasteiger partial charge in [0.2, 0.25) is 18.0 Å². The smallest absolute Gasteiger partial charge is 0.348 e. The van der Waals surface area contributed by atoms with Gasteiger partial charge in [0.15, 0.2) is 11.5 Å². The number of esters is 4. The molecular weight excluding hydrogens is 720 g/mol. The summed E-state index contributed by atoms with van der Waals surface area (Å²) in [5.74, 6) is -9.12. The lowest BCUT2D eigenvalue weighted by atomic mass is 9.38. The van der Waals surface area contributed by atoms with Crippen molar-refractivity contribution in [3.8, 4) is 0 Å². The molecule has 300 valence electrons. The Morgan fingerprint density at radius 2 is 1.69 bits per heavy atom. The van der Waals surface area contributed by atoms with E-state index in [1.807, 2.05) is 0 Å². The molecule has 3 aliphatic heterocycles. The molecule has 3 saturated heterocycles. The first-order valence-electron chi connectivity index (χ1n) is 17.8. The fourth-order valence-corrected chi connectivity index (χ4v) is 10.1. The average Bonchev–Trinajstić information content (AvgIpc) is 3.41. The van der Waals surface area contributed by atoms with Crippen molar-refractivity contribution < 1.29 is 87.8 Å². The molecule has 16 atom stereocenters. The zero-order valence-corrected chi connectivity index (χ0v) is 30.9. The van der Waals surface area contributed by atoms with E-state index in [-0.39, 0.29) is 17.8 Å². The lowest BCUT2D eigenvalue weighted by molar-refractivity contribution is -0.296. The first kappa shape index (κ1) is 40.2. The number of carbonyl (C=O) groups excluding carboxylic acids is 5. The molecular formula is C36H48O18. The van der Waals surface area contributed by atoms with E-state index in [1.54, 1.807) is 13.8 Å². The van der Waals surface area contributed by atoms with E-state index in [2.05, 4.69) is 0 Å². The molecule has 6 N–H and O–H groups in total. The molecule has 0 amide bonds. The van der Waals surface area contributed by atoms with Gasteiger partial charge in [-0.15, -0.1) is 0 Å². The highest BCUT2D eigenvalue weighted by Gasteiger charge is 2.85. The van der Waals surface area contributed by atoms with E-state index < -0.39 is 144 Å². The van der Waals surface area contributed by atoms with Crippen molar-refractivity contribution in [3.63, 3.8) is 0 Å². The van der Waals surface area contributed by atoms with Crippen LogP contribution >= 0.6 is 0 Å². The minimum Gasteiger partial charge on any atom is -0.467 e. The van der Waals surface area contributed by atoms with E-state index in [0.717, 1.165) is 13.2 Å². The molecule has 0 radical (unpaired) electrons. The highest BCUT2D eigenvalue weighted by atomic mass is 16.7. The first-order valence-corrected chi connectivity index (χ1v) is 17.8. The Morgan fingerprint density at radius 1 is 1.02 bits per heavy atom. The summed E-state index contributed by atoms with van der Waals surface area (Å²) < 4.78 is 39.7. The molecule has 2 saturated carbocycles. The zero-order valence-electron chi connectivity index (χ0n) is 30.9. The summed E-state index contributed by atoms with van der Waals surface area (Å²) in [5, 5.41) is 65.1. The van der Waals surface area contributed by atoms with Gasteiger partial charge in [-0.1, -0.05) is 13.8 Å². The minimum atomic E-state index is -2.43. The van der Waals surface area contributed by atoms with Crippen molar-refractivity contribution in [2.24, 2.45) is 34.5 Å². The van der Waals surface area contributed by atoms with Crippen LogP contribution in [0.15, 0.2) is 23.5 Å². The topological polar surface area (TPSA) is 271 Å². The summed E-state index contributed by atoms with van der Waals surface area (Å²) in [6.07, 6.45) is -12.9. The molecule has 18 heteroatoms. The molecule has 6 aliphatic rings. The number of Topliss-reactive ketones (excluding diaryl/α,β-unsaturated/α-hetero) is 1. The second-order valence-corrected chi connectivity index (χ2v) is 16.0. The van der Waals surface area contributed by atoms with Gasteiger partial charge in [-0.2, -0.15) is 0 Å². The third-order valence-electron chi connectivity index (χ3n) is 12.8. The Hall–Kier alpha value is -3.49. The van der Waals surface area contributed by atoms with Crippen LogP contribution < -0.4 is 0 Å². The summed E-state index contributed by atoms with van der Waals surface area (Å²) in [4.78, 5) is 66.7. The van der Waals surface area contributed by atoms with Gasteiger partial charge in [0.1, 0.15) is 42.2 Å². The average molecular weight is 769 g/mol. The summed E-state index contributed by atoms with van der Waals surface area (Å²) >= 11 is 0. The standard InChI is InChI=1S/C36H48O18/c1-13(33(4,5)54-15(3)38)8-20(39)53-26-28-35-12-49-36(28,32(47)48-7)29(45)25(44)27(35)34(6)10-17(21(40)14(2)16(34)9-19(35)52-30(26)46)50-31-24(43)23(42)22(41)18(11-37)51-31/h8,10,14,16,18-19,22-29,31,37,41-45H,9,11-12H2,1-7H3/b13-8+/t14?,16?,18-,19-,22-,23-,24-,25-,26-,27?,28-,29?,31-,34+,35-,36+/m1/s1. The number of hydrogen-bond acceptors (Lipinski definition) is 18. The number of methoxy groups -OCH3 is 1. The predicted octanol–water partition coefficient (Wildman–Crippen LogP) is -2.05. The SMILES string of the molecule is COC(=O)[C@@]12OC[C@]34C([C@@H](O)C1O)[C@@]1(C)C=C(O[C@@H]5O[C@H](CO)[C@@H](O)[C@@H](O)[C@H]5O)C(=O)C(C)C1C[C@H]3OC(=O)[C@H](OC(=O)/C=C(\C)C(C)(C)OC(C)=O)[C@H]42. The van der Waals surface area contributed by atoms with E-state index in [9.17, 15) is 54.6 Å². The zero-order chi connectivity index (χ0) is 40.0. The number of allylic oxidation sites excluding steroid dienone is 2. The van der Waals surface area contributed by atoms with Crippen molar-refractivity contribution in [2.75, 3.05) is 20.3 Å². The fraction of sp³-hybridized carbons (Fsp3) is 0.750. The Bertz CT molecular complexity index is 1650. The number of hydrogen-bond donors (Lipinski definition) is 6. The minimum absolute atomic E-state index is 0.00828. The van der Waals surface area contributed by atoms with Crippen LogP contribution in [-0.2, 0) is 57.1 Å². The van der Waals surface area contributed by atoms with Crippen molar-refractivity contribution in [3.05, 3.63) is 23.5 Å². The molecule has 5 fully saturated rings. The molecule has 0 aromatic carbocycles. The third kappa shape index (κ3) is 5.63. The number of carbonyl (C=O) groups is 5. The third-order valence-corrected chi connectivity index (χ3v) is 12.8. The van der Waals surface area contributed by atoms with Crippen molar-refractivity contribution in [1.82, 2.24) is 0 Å². The van der Waals surface area contributed by atoms with Gasteiger partial charge in [-0.25, -0.2) is 14.4 Å². The molecule has 6 rings (SSSR count). The molecule has 4 unspecified atom stereocenters. The summed E-state index contributed by atoms with van der Waals surface area (Å²) in [6.45, 7) is 7.89. The Balaban J connectivity index is 1.45. The van der Waals surface area contributed by atoms with Crippen molar-refractivity contribution in [2.45, 2.75) is 114 Å². The molecule has 54 heavy (non-hydrogen) atoms. The van der Waals surface area contributed by atoms with Crippen molar-refractivity contribution >= 4 is 29.7 Å². The quantitative estimate of drug-likeness (QED) is 0.0881. The maximum absolute atomic E-state index is 13.9. The van der Waals surface area contributed by atoms with Crippen molar-refractivity contribution in [1.29, 1.82) is 0 Å². The van der Waals surface area contributed by atoms with Gasteiger partial charge in [0.05, 0.1) is 32.3 Å².